The fourth-order valence-corrected chi connectivity index (χ4v) is 4.31. The van der Waals surface area contributed by atoms with Gasteiger partial charge in [-0.15, -0.1) is 0 Å². The minimum absolute atomic E-state index is 0.00379. The van der Waals surface area contributed by atoms with Gasteiger partial charge < -0.3 is 29.2 Å². The Morgan fingerprint density at radius 1 is 1.00 bits per heavy atom. The van der Waals surface area contributed by atoms with Crippen LogP contribution in [0.25, 0.3) is 0 Å². The molecule has 3 aromatic carbocycles. The van der Waals surface area contributed by atoms with Gasteiger partial charge in [0, 0.05) is 18.7 Å². The van der Waals surface area contributed by atoms with Crippen LogP contribution in [0, 0.1) is 6.92 Å². The molecule has 0 spiro atoms. The Bertz CT molecular complexity index is 1280. The summed E-state index contributed by atoms with van der Waals surface area (Å²) in [6.07, 6.45) is 2.43. The molecule has 0 aliphatic carbocycles. The monoisotopic (exact) mass is 518 g/mol. The van der Waals surface area contributed by atoms with E-state index in [-0.39, 0.29) is 18.4 Å². The van der Waals surface area contributed by atoms with Crippen molar-refractivity contribution < 1.29 is 28.5 Å². The highest BCUT2D eigenvalue weighted by molar-refractivity contribution is 5.99. The molecule has 0 saturated carbocycles. The highest BCUT2D eigenvalue weighted by atomic mass is 16.5. The average Bonchev–Trinajstić information content (AvgIpc) is 2.92. The van der Waals surface area contributed by atoms with E-state index in [9.17, 15) is 9.59 Å². The number of methoxy groups -OCH3 is 2. The second-order valence-electron chi connectivity index (χ2n) is 9.13. The fourth-order valence-electron chi connectivity index (χ4n) is 4.31. The van der Waals surface area contributed by atoms with Crippen molar-refractivity contribution in [3.63, 3.8) is 0 Å². The van der Waals surface area contributed by atoms with Crippen LogP contribution in [0.2, 0.25) is 0 Å². The van der Waals surface area contributed by atoms with Gasteiger partial charge in [0.15, 0.2) is 18.1 Å². The maximum Gasteiger partial charge on any atom is 0.265 e. The first-order valence-electron chi connectivity index (χ1n) is 12.7. The summed E-state index contributed by atoms with van der Waals surface area (Å²) in [5.41, 5.74) is 3.41. The Balaban J connectivity index is 1.31. The molecule has 0 saturated heterocycles. The number of carbonyl (C=O) groups excluding carboxylic acids is 2. The van der Waals surface area contributed by atoms with Gasteiger partial charge in [-0.3, -0.25) is 9.59 Å². The van der Waals surface area contributed by atoms with Crippen molar-refractivity contribution in [3.05, 3.63) is 71.8 Å². The molecule has 2 amide bonds. The van der Waals surface area contributed by atoms with Crippen molar-refractivity contribution in [2.45, 2.75) is 32.6 Å². The molecule has 4 rings (SSSR count). The summed E-state index contributed by atoms with van der Waals surface area (Å²) in [5.74, 6) is 2.53. The number of carbonyl (C=O) groups is 2. The van der Waals surface area contributed by atoms with E-state index in [1.165, 1.54) is 0 Å². The molecule has 0 radical (unpaired) electrons. The van der Waals surface area contributed by atoms with Gasteiger partial charge in [-0.1, -0.05) is 18.2 Å². The highest BCUT2D eigenvalue weighted by Gasteiger charge is 2.25. The molecule has 0 aromatic heterocycles. The van der Waals surface area contributed by atoms with Crippen LogP contribution >= 0.6 is 0 Å². The van der Waals surface area contributed by atoms with Crippen LogP contribution in [0.4, 0.5) is 11.4 Å². The summed E-state index contributed by atoms with van der Waals surface area (Å²) in [5, 5.41) is 2.94. The van der Waals surface area contributed by atoms with E-state index in [2.05, 4.69) is 5.32 Å². The summed E-state index contributed by atoms with van der Waals surface area (Å²) in [6.45, 7) is 3.15. The number of nitrogens with zero attached hydrogens (tertiary/aromatic N) is 1. The van der Waals surface area contributed by atoms with Crippen LogP contribution in [0.15, 0.2) is 60.7 Å². The zero-order valence-corrected chi connectivity index (χ0v) is 22.1. The molecule has 3 aromatic rings. The van der Waals surface area contributed by atoms with Crippen LogP contribution in [-0.4, -0.2) is 45.8 Å². The summed E-state index contributed by atoms with van der Waals surface area (Å²) >= 11 is 0. The summed E-state index contributed by atoms with van der Waals surface area (Å²) in [7, 11) is 3.17. The predicted octanol–water partition coefficient (Wildman–Crippen LogP) is 5.17. The molecule has 1 aliphatic rings. The lowest BCUT2D eigenvalue weighted by Gasteiger charge is -2.30. The predicted molar refractivity (Wildman–Crippen MR) is 147 cm³/mol. The molecule has 0 unspecified atom stereocenters. The number of fused-ring (bicyclic) bond motifs is 1. The molecule has 8 nitrogen and oxygen atoms in total. The molecule has 1 N–H and O–H groups in total. The van der Waals surface area contributed by atoms with Gasteiger partial charge in [-0.05, 0) is 79.8 Å². The Hall–Kier alpha value is -4.20. The van der Waals surface area contributed by atoms with Gasteiger partial charge in [-0.25, -0.2) is 0 Å². The third-order valence-electron chi connectivity index (χ3n) is 6.31. The van der Waals surface area contributed by atoms with Crippen molar-refractivity contribution in [1.29, 1.82) is 0 Å². The van der Waals surface area contributed by atoms with E-state index < -0.39 is 0 Å². The average molecular weight is 519 g/mol. The van der Waals surface area contributed by atoms with Gasteiger partial charge >= 0.3 is 0 Å². The Morgan fingerprint density at radius 3 is 2.63 bits per heavy atom. The molecule has 38 heavy (non-hydrogen) atoms. The van der Waals surface area contributed by atoms with E-state index in [0.717, 1.165) is 29.7 Å². The third-order valence-corrected chi connectivity index (χ3v) is 6.31. The first-order valence-corrected chi connectivity index (χ1v) is 12.7. The number of ether oxygens (including phenoxy) is 4. The second kappa shape index (κ2) is 12.9. The lowest BCUT2D eigenvalue weighted by atomic mass is 10.1. The summed E-state index contributed by atoms with van der Waals surface area (Å²) < 4.78 is 22.1. The number of hydrogen-bond donors (Lipinski definition) is 1. The van der Waals surface area contributed by atoms with E-state index in [4.69, 9.17) is 18.9 Å². The van der Waals surface area contributed by atoms with E-state index in [0.29, 0.717) is 54.6 Å². The zero-order chi connectivity index (χ0) is 26.9. The van der Waals surface area contributed by atoms with Crippen molar-refractivity contribution in [2.24, 2.45) is 0 Å². The van der Waals surface area contributed by atoms with Gasteiger partial charge in [0.2, 0.25) is 5.91 Å². The maximum absolute atomic E-state index is 12.7. The van der Waals surface area contributed by atoms with Crippen LogP contribution in [0.3, 0.4) is 0 Å². The fraction of sp³-hybridized carbons (Fsp3) is 0.333. The number of aryl methyl sites for hydroxylation is 2. The van der Waals surface area contributed by atoms with E-state index in [1.807, 2.05) is 49.4 Å². The normalized spacial score (nSPS) is 12.4. The minimum atomic E-state index is -0.123. The third kappa shape index (κ3) is 6.97. The standard InChI is InChI=1S/C30H34N2O6/c1-21-7-6-8-24(17-21)37-16-5-4-15-32-25-19-23(11-13-26(25)38-20-30(32)34)31-29(33)14-10-22-9-12-27(35-2)28(18-22)36-3/h6-9,11-13,17-19H,4-5,10,14-16,20H2,1-3H3,(H,31,33). The number of benzene rings is 3. The molecule has 0 bridgehead atoms. The summed E-state index contributed by atoms with van der Waals surface area (Å²) in [6, 6.07) is 18.9. The molecule has 0 atom stereocenters. The van der Waals surface area contributed by atoms with Crippen LogP contribution in [-0.2, 0) is 16.0 Å². The largest absolute Gasteiger partial charge is 0.494 e. The molecule has 0 fully saturated rings. The van der Waals surface area contributed by atoms with Gasteiger partial charge in [0.25, 0.3) is 5.91 Å². The van der Waals surface area contributed by atoms with Gasteiger partial charge in [0.05, 0.1) is 26.5 Å². The highest BCUT2D eigenvalue weighted by Crippen LogP contribution is 2.35. The Kier molecular flexibility index (Phi) is 9.08. The number of nitrogens with one attached hydrogen (secondary N) is 1. The Labute approximate surface area is 223 Å². The smallest absolute Gasteiger partial charge is 0.265 e. The number of rotatable bonds is 12. The first kappa shape index (κ1) is 26.9. The van der Waals surface area contributed by atoms with Crippen molar-refractivity contribution in [1.82, 2.24) is 0 Å². The zero-order valence-electron chi connectivity index (χ0n) is 22.1. The number of amides is 2. The lowest BCUT2D eigenvalue weighted by Crippen LogP contribution is -2.39. The number of anilines is 2. The topological polar surface area (TPSA) is 86.3 Å². The van der Waals surface area contributed by atoms with Gasteiger partial charge in [-0.2, -0.15) is 0 Å². The Morgan fingerprint density at radius 2 is 1.84 bits per heavy atom. The van der Waals surface area contributed by atoms with Crippen LogP contribution < -0.4 is 29.2 Å². The molecular formula is C30H34N2O6. The van der Waals surface area contributed by atoms with Crippen molar-refractivity contribution >= 4 is 23.2 Å². The molecule has 200 valence electrons. The number of unbranched alkanes of at least 4 members (excludes halogenated alkanes) is 1. The maximum atomic E-state index is 12.7. The molecule has 8 heteroatoms. The lowest BCUT2D eigenvalue weighted by molar-refractivity contribution is -0.121. The van der Waals surface area contributed by atoms with Crippen molar-refractivity contribution in [3.8, 4) is 23.0 Å². The van der Waals surface area contributed by atoms with E-state index >= 15 is 0 Å². The molecule has 1 aliphatic heterocycles. The quantitative estimate of drug-likeness (QED) is 0.333. The second-order valence-corrected chi connectivity index (χ2v) is 9.13. The van der Waals surface area contributed by atoms with E-state index in [1.54, 1.807) is 37.3 Å². The molecule has 1 heterocycles. The number of hydrogen-bond acceptors (Lipinski definition) is 6. The SMILES string of the molecule is COc1ccc(CCC(=O)Nc2ccc3c(c2)N(CCCCOc2cccc(C)c2)C(=O)CO3)cc1OC. The van der Waals surface area contributed by atoms with Crippen LogP contribution in [0.1, 0.15) is 30.4 Å². The first-order chi connectivity index (χ1) is 18.5. The van der Waals surface area contributed by atoms with Gasteiger partial charge in [0.1, 0.15) is 11.5 Å². The summed E-state index contributed by atoms with van der Waals surface area (Å²) in [4.78, 5) is 27.0. The molecular weight excluding hydrogens is 484 g/mol. The van der Waals surface area contributed by atoms with Crippen LogP contribution in [0.5, 0.6) is 23.0 Å². The minimum Gasteiger partial charge on any atom is -0.494 e. The van der Waals surface area contributed by atoms with Crippen molar-refractivity contribution in [2.75, 3.05) is 44.2 Å².